The quantitative estimate of drug-likeness (QED) is 0.575. The van der Waals surface area contributed by atoms with Gasteiger partial charge in [-0.15, -0.1) is 0 Å². The molecule has 7 heteroatoms. The van der Waals surface area contributed by atoms with E-state index >= 15 is 0 Å². The molecule has 5 nitrogen and oxygen atoms in total. The summed E-state index contributed by atoms with van der Waals surface area (Å²) in [6.07, 6.45) is 0. The zero-order chi connectivity index (χ0) is 18.0. The summed E-state index contributed by atoms with van der Waals surface area (Å²) in [5, 5.41) is 3.13. The van der Waals surface area contributed by atoms with Crippen molar-refractivity contribution in [3.8, 4) is 0 Å². The first kappa shape index (κ1) is 17.2. The Bertz CT molecular complexity index is 1000. The van der Waals surface area contributed by atoms with Gasteiger partial charge >= 0.3 is 0 Å². The first-order valence-electron chi connectivity index (χ1n) is 7.64. The second-order valence-corrected chi connectivity index (χ2v) is 6.84. The van der Waals surface area contributed by atoms with Crippen LogP contribution < -0.4 is 10.9 Å². The van der Waals surface area contributed by atoms with E-state index in [1.807, 2.05) is 6.07 Å². The van der Waals surface area contributed by atoms with Gasteiger partial charge in [-0.05, 0) is 37.3 Å². The normalized spacial score (nSPS) is 12.1. The second-order valence-electron chi connectivity index (χ2n) is 5.54. The van der Waals surface area contributed by atoms with E-state index in [1.165, 1.54) is 34.5 Å². The largest absolute Gasteiger partial charge is 0.325 e. The van der Waals surface area contributed by atoms with E-state index < -0.39 is 11.1 Å². The topological polar surface area (TPSA) is 64.0 Å². The number of nitrogens with zero attached hydrogens (tertiary/aromatic N) is 2. The van der Waals surface area contributed by atoms with Crippen LogP contribution in [0.25, 0.3) is 10.9 Å². The minimum Gasteiger partial charge on any atom is -0.325 e. The molecular weight excluding hydrogens is 341 g/mol. The highest BCUT2D eigenvalue weighted by Gasteiger charge is 2.18. The average molecular weight is 357 g/mol. The van der Waals surface area contributed by atoms with Crippen LogP contribution in [-0.2, 0) is 11.8 Å². The summed E-state index contributed by atoms with van der Waals surface area (Å²) >= 11 is 1.18. The number of carbonyl (C=O) groups is 1. The number of nitrogens with one attached hydrogen (secondary N) is 1. The Balaban J connectivity index is 1.82. The van der Waals surface area contributed by atoms with Crippen LogP contribution in [0.1, 0.15) is 6.92 Å². The molecule has 0 radical (unpaired) electrons. The molecule has 3 aromatic rings. The molecule has 0 spiro atoms. The molecule has 1 heterocycles. The van der Waals surface area contributed by atoms with E-state index in [1.54, 1.807) is 38.2 Å². The van der Waals surface area contributed by atoms with Crippen molar-refractivity contribution in [3.63, 3.8) is 0 Å². The monoisotopic (exact) mass is 357 g/mol. The number of hydrogen-bond donors (Lipinski definition) is 1. The summed E-state index contributed by atoms with van der Waals surface area (Å²) in [5.74, 6) is -0.713. The predicted molar refractivity (Wildman–Crippen MR) is 97.3 cm³/mol. The average Bonchev–Trinajstić information content (AvgIpc) is 2.59. The molecule has 1 unspecified atom stereocenters. The highest BCUT2D eigenvalue weighted by Crippen LogP contribution is 2.23. The fraction of sp³-hybridized carbons (Fsp3) is 0.167. The SMILES string of the molecule is CC(Sc1nc2ccccc2c(=O)n1C)C(=O)Nc1cccc(F)c1. The number of fused-ring (bicyclic) bond motifs is 1. The third-order valence-electron chi connectivity index (χ3n) is 3.69. The van der Waals surface area contributed by atoms with Crippen LogP contribution in [0.3, 0.4) is 0 Å². The number of thioether (sulfide) groups is 1. The molecule has 0 aliphatic carbocycles. The van der Waals surface area contributed by atoms with E-state index in [0.717, 1.165) is 0 Å². The molecule has 0 aliphatic heterocycles. The standard InChI is InChI=1S/C18H16FN3O2S/c1-11(16(23)20-13-7-5-6-12(19)10-13)25-18-21-15-9-4-3-8-14(15)17(24)22(18)2/h3-11H,1-2H3,(H,20,23). The Kier molecular flexibility index (Phi) is 4.85. The molecule has 1 N–H and O–H groups in total. The van der Waals surface area contributed by atoms with Crippen LogP contribution in [0.5, 0.6) is 0 Å². The van der Waals surface area contributed by atoms with Gasteiger partial charge in [-0.1, -0.05) is 30.0 Å². The summed E-state index contributed by atoms with van der Waals surface area (Å²) in [7, 11) is 1.63. The van der Waals surface area contributed by atoms with Crippen molar-refractivity contribution in [3.05, 3.63) is 64.7 Å². The van der Waals surface area contributed by atoms with Crippen molar-refractivity contribution in [2.45, 2.75) is 17.3 Å². The van der Waals surface area contributed by atoms with Crippen LogP contribution in [0, 0.1) is 5.82 Å². The lowest BCUT2D eigenvalue weighted by molar-refractivity contribution is -0.115. The smallest absolute Gasteiger partial charge is 0.261 e. The lowest BCUT2D eigenvalue weighted by Gasteiger charge is -2.14. The van der Waals surface area contributed by atoms with Gasteiger partial charge in [0.1, 0.15) is 5.82 Å². The molecule has 0 fully saturated rings. The van der Waals surface area contributed by atoms with Crippen LogP contribution in [0.15, 0.2) is 58.5 Å². The van der Waals surface area contributed by atoms with Gasteiger partial charge in [0.05, 0.1) is 16.2 Å². The first-order chi connectivity index (χ1) is 12.0. The van der Waals surface area contributed by atoms with Gasteiger partial charge in [-0.2, -0.15) is 0 Å². The molecule has 1 amide bonds. The van der Waals surface area contributed by atoms with Crippen molar-refractivity contribution < 1.29 is 9.18 Å². The van der Waals surface area contributed by atoms with Crippen LogP contribution >= 0.6 is 11.8 Å². The fourth-order valence-electron chi connectivity index (χ4n) is 2.32. The minimum absolute atomic E-state index is 0.161. The Hall–Kier alpha value is -2.67. The van der Waals surface area contributed by atoms with Gasteiger partial charge < -0.3 is 5.32 Å². The Morgan fingerprint density at radius 3 is 2.76 bits per heavy atom. The van der Waals surface area contributed by atoms with E-state index in [4.69, 9.17) is 0 Å². The zero-order valence-corrected chi connectivity index (χ0v) is 14.5. The van der Waals surface area contributed by atoms with Gasteiger partial charge in [0.15, 0.2) is 5.16 Å². The second kappa shape index (κ2) is 7.06. The van der Waals surface area contributed by atoms with Gasteiger partial charge in [-0.25, -0.2) is 9.37 Å². The summed E-state index contributed by atoms with van der Waals surface area (Å²) in [6.45, 7) is 1.71. The van der Waals surface area contributed by atoms with Crippen molar-refractivity contribution in [2.75, 3.05) is 5.32 Å². The minimum atomic E-state index is -0.512. The number of anilines is 1. The number of para-hydroxylation sites is 1. The molecule has 1 aromatic heterocycles. The highest BCUT2D eigenvalue weighted by atomic mass is 32.2. The molecule has 0 aliphatic rings. The lowest BCUT2D eigenvalue weighted by atomic mass is 10.2. The molecule has 128 valence electrons. The maximum absolute atomic E-state index is 13.2. The number of amides is 1. The van der Waals surface area contributed by atoms with Crippen LogP contribution in [0.4, 0.5) is 10.1 Å². The fourth-order valence-corrected chi connectivity index (χ4v) is 3.20. The van der Waals surface area contributed by atoms with E-state index in [2.05, 4.69) is 10.3 Å². The van der Waals surface area contributed by atoms with Gasteiger partial charge in [0, 0.05) is 12.7 Å². The predicted octanol–water partition coefficient (Wildman–Crippen LogP) is 3.19. The Morgan fingerprint density at radius 2 is 2.00 bits per heavy atom. The number of carbonyl (C=O) groups excluding carboxylic acids is 1. The molecule has 2 aromatic carbocycles. The van der Waals surface area contributed by atoms with Crippen molar-refractivity contribution in [1.82, 2.24) is 9.55 Å². The zero-order valence-electron chi connectivity index (χ0n) is 13.7. The molecule has 1 atom stereocenters. The summed E-state index contributed by atoms with van der Waals surface area (Å²) in [5.41, 5.74) is 0.814. The van der Waals surface area contributed by atoms with Crippen LogP contribution in [-0.4, -0.2) is 20.7 Å². The summed E-state index contributed by atoms with van der Waals surface area (Å²) < 4.78 is 14.6. The molecule has 25 heavy (non-hydrogen) atoms. The van der Waals surface area contributed by atoms with Crippen LogP contribution in [0.2, 0.25) is 0 Å². The van der Waals surface area contributed by atoms with Crippen molar-refractivity contribution >= 4 is 34.3 Å². The number of rotatable bonds is 4. The van der Waals surface area contributed by atoms with Gasteiger partial charge in [0.2, 0.25) is 5.91 Å². The third-order valence-corrected chi connectivity index (χ3v) is 4.83. The first-order valence-corrected chi connectivity index (χ1v) is 8.52. The molecule has 0 saturated carbocycles. The lowest BCUT2D eigenvalue weighted by Crippen LogP contribution is -2.25. The third kappa shape index (κ3) is 3.71. The number of hydrogen-bond acceptors (Lipinski definition) is 4. The molecular formula is C18H16FN3O2S. The van der Waals surface area contributed by atoms with Gasteiger partial charge in [-0.3, -0.25) is 14.2 Å². The highest BCUT2D eigenvalue weighted by molar-refractivity contribution is 8.00. The summed E-state index contributed by atoms with van der Waals surface area (Å²) in [4.78, 5) is 29.2. The number of aromatic nitrogens is 2. The van der Waals surface area contributed by atoms with Crippen molar-refractivity contribution in [1.29, 1.82) is 0 Å². The maximum atomic E-state index is 13.2. The van der Waals surface area contributed by atoms with Gasteiger partial charge in [0.25, 0.3) is 5.56 Å². The molecule has 0 bridgehead atoms. The Morgan fingerprint density at radius 1 is 1.24 bits per heavy atom. The van der Waals surface area contributed by atoms with E-state index in [0.29, 0.717) is 21.7 Å². The van der Waals surface area contributed by atoms with Crippen molar-refractivity contribution in [2.24, 2.45) is 7.05 Å². The van der Waals surface area contributed by atoms with E-state index in [9.17, 15) is 14.0 Å². The summed E-state index contributed by atoms with van der Waals surface area (Å²) in [6, 6.07) is 12.8. The Labute approximate surface area is 147 Å². The molecule has 0 saturated heterocycles. The molecule has 3 rings (SSSR count). The van der Waals surface area contributed by atoms with E-state index in [-0.39, 0.29) is 11.5 Å². The maximum Gasteiger partial charge on any atom is 0.261 e. The number of benzene rings is 2. The number of halogens is 1.